The van der Waals surface area contributed by atoms with E-state index in [2.05, 4.69) is 142 Å². The summed E-state index contributed by atoms with van der Waals surface area (Å²) in [5, 5.41) is 0. The maximum Gasteiger partial charge on any atom is 0.306 e. The summed E-state index contributed by atoms with van der Waals surface area (Å²) in [6.45, 7) is 6.35. The molecule has 1 atom stereocenters. The maximum absolute atomic E-state index is 12.9. The summed E-state index contributed by atoms with van der Waals surface area (Å²) in [4.78, 5) is 38.2. The molecule has 0 aromatic rings. The Morgan fingerprint density at radius 1 is 0.288 bits per heavy atom. The first-order valence-corrected chi connectivity index (χ1v) is 30.0. The minimum atomic E-state index is -0.818. The van der Waals surface area contributed by atoms with Gasteiger partial charge in [0.25, 0.3) is 0 Å². The number of ether oxygens (including phenoxy) is 3. The molecule has 0 aromatic heterocycles. The minimum Gasteiger partial charge on any atom is -0.462 e. The summed E-state index contributed by atoms with van der Waals surface area (Å²) in [6, 6.07) is 0. The van der Waals surface area contributed by atoms with Crippen LogP contribution < -0.4 is 0 Å². The van der Waals surface area contributed by atoms with Gasteiger partial charge < -0.3 is 14.2 Å². The first kappa shape index (κ1) is 68.8. The Morgan fingerprint density at radius 2 is 0.548 bits per heavy atom. The van der Waals surface area contributed by atoms with Crippen molar-refractivity contribution in [2.45, 2.75) is 271 Å². The highest BCUT2D eigenvalue weighted by molar-refractivity contribution is 5.71. The SMILES string of the molecule is CC/C=C\C/C=C\C/C=C\C/C=C\C/C=C\CCCCCC(=O)OC[C@@H](COC(=O)CCC/C=C\C/C=C\C/C=C\C/C=C\C/C=C\CC)OC(=O)CCCCCCCCCCCCCCCCCCCCC. The largest absolute Gasteiger partial charge is 0.462 e. The van der Waals surface area contributed by atoms with Crippen molar-refractivity contribution in [3.8, 4) is 0 Å². The van der Waals surface area contributed by atoms with Gasteiger partial charge in [-0.05, 0) is 103 Å². The van der Waals surface area contributed by atoms with Gasteiger partial charge in [-0.3, -0.25) is 14.4 Å². The van der Waals surface area contributed by atoms with Crippen LogP contribution in [0.3, 0.4) is 0 Å². The fourth-order valence-corrected chi connectivity index (χ4v) is 8.03. The molecular weight excluding hydrogens is 901 g/mol. The molecule has 0 fully saturated rings. The highest BCUT2D eigenvalue weighted by Crippen LogP contribution is 2.16. The van der Waals surface area contributed by atoms with E-state index in [4.69, 9.17) is 14.2 Å². The number of unbranched alkanes of at least 4 members (excludes halogenated alkanes) is 22. The van der Waals surface area contributed by atoms with Crippen LogP contribution in [0.2, 0.25) is 0 Å². The molecule has 0 bridgehead atoms. The monoisotopic (exact) mass is 1010 g/mol. The molecule has 0 radical (unpaired) electrons. The molecule has 6 nitrogen and oxygen atoms in total. The van der Waals surface area contributed by atoms with E-state index in [1.54, 1.807) is 0 Å². The first-order valence-electron chi connectivity index (χ1n) is 30.0. The number of carbonyl (C=O) groups excluding carboxylic acids is 3. The Morgan fingerprint density at radius 3 is 0.890 bits per heavy atom. The summed E-state index contributed by atoms with van der Waals surface area (Å²) < 4.78 is 16.8. The van der Waals surface area contributed by atoms with Crippen LogP contribution in [0.25, 0.3) is 0 Å². The molecule has 0 saturated heterocycles. The summed E-state index contributed by atoms with van der Waals surface area (Å²) in [5.74, 6) is -0.998. The lowest BCUT2D eigenvalue weighted by molar-refractivity contribution is -0.167. The quantitative estimate of drug-likeness (QED) is 0.0261. The topological polar surface area (TPSA) is 78.9 Å². The second kappa shape index (κ2) is 60.4. The molecule has 0 N–H and O–H groups in total. The van der Waals surface area contributed by atoms with Gasteiger partial charge in [-0.1, -0.05) is 264 Å². The highest BCUT2D eigenvalue weighted by Gasteiger charge is 2.19. The summed E-state index contributed by atoms with van der Waals surface area (Å²) in [6.07, 6.45) is 83.4. The van der Waals surface area contributed by atoms with E-state index < -0.39 is 6.10 Å². The Hall–Kier alpha value is -4.19. The molecule has 0 aliphatic carbocycles. The van der Waals surface area contributed by atoms with Crippen LogP contribution >= 0.6 is 0 Å². The molecule has 0 aliphatic heterocycles. The lowest BCUT2D eigenvalue weighted by Gasteiger charge is -2.18. The number of hydrogen-bond acceptors (Lipinski definition) is 6. The zero-order chi connectivity index (χ0) is 52.9. The van der Waals surface area contributed by atoms with Crippen LogP contribution in [0.15, 0.2) is 122 Å². The zero-order valence-electron chi connectivity index (χ0n) is 47.4. The van der Waals surface area contributed by atoms with Gasteiger partial charge in [0, 0.05) is 19.3 Å². The third kappa shape index (κ3) is 58.6. The second-order valence-corrected chi connectivity index (χ2v) is 19.5. The van der Waals surface area contributed by atoms with Gasteiger partial charge in [0.15, 0.2) is 6.10 Å². The summed E-state index contributed by atoms with van der Waals surface area (Å²) in [7, 11) is 0. The molecule has 414 valence electrons. The molecule has 0 amide bonds. The van der Waals surface area contributed by atoms with Gasteiger partial charge in [0.05, 0.1) is 0 Å². The Bertz CT molecular complexity index is 1540. The van der Waals surface area contributed by atoms with Crippen molar-refractivity contribution < 1.29 is 28.6 Å². The van der Waals surface area contributed by atoms with Crippen LogP contribution in [-0.2, 0) is 28.6 Å². The lowest BCUT2D eigenvalue weighted by atomic mass is 10.0. The molecule has 0 spiro atoms. The van der Waals surface area contributed by atoms with E-state index in [9.17, 15) is 14.4 Å². The van der Waals surface area contributed by atoms with Crippen molar-refractivity contribution in [3.05, 3.63) is 122 Å². The Labute approximate surface area is 450 Å². The summed E-state index contributed by atoms with van der Waals surface area (Å²) >= 11 is 0. The maximum atomic E-state index is 12.9. The zero-order valence-corrected chi connectivity index (χ0v) is 47.4. The highest BCUT2D eigenvalue weighted by atomic mass is 16.6. The molecule has 0 heterocycles. The van der Waals surface area contributed by atoms with E-state index >= 15 is 0 Å². The van der Waals surface area contributed by atoms with Crippen LogP contribution in [-0.4, -0.2) is 37.2 Å². The average molecular weight is 1010 g/mol. The van der Waals surface area contributed by atoms with Crippen molar-refractivity contribution in [1.29, 1.82) is 0 Å². The molecule has 0 rings (SSSR count). The van der Waals surface area contributed by atoms with Crippen molar-refractivity contribution >= 4 is 17.9 Å². The van der Waals surface area contributed by atoms with Gasteiger partial charge in [-0.25, -0.2) is 0 Å². The number of hydrogen-bond donors (Lipinski definition) is 0. The first-order chi connectivity index (χ1) is 36.0. The van der Waals surface area contributed by atoms with Gasteiger partial charge >= 0.3 is 17.9 Å². The van der Waals surface area contributed by atoms with Crippen molar-refractivity contribution in [2.24, 2.45) is 0 Å². The molecule has 73 heavy (non-hydrogen) atoms. The van der Waals surface area contributed by atoms with Gasteiger partial charge in [0.1, 0.15) is 13.2 Å². The predicted octanol–water partition coefficient (Wildman–Crippen LogP) is 20.4. The predicted molar refractivity (Wildman–Crippen MR) is 316 cm³/mol. The minimum absolute atomic E-state index is 0.114. The molecular formula is C67H110O6. The number of allylic oxidation sites excluding steroid dienone is 20. The molecule has 0 saturated carbocycles. The van der Waals surface area contributed by atoms with E-state index in [0.717, 1.165) is 116 Å². The van der Waals surface area contributed by atoms with Gasteiger partial charge in [-0.2, -0.15) is 0 Å². The Kier molecular flexibility index (Phi) is 56.9. The summed E-state index contributed by atoms with van der Waals surface area (Å²) in [5.41, 5.74) is 0. The van der Waals surface area contributed by atoms with E-state index in [1.807, 2.05) is 0 Å². The van der Waals surface area contributed by atoms with E-state index in [1.165, 1.54) is 103 Å². The van der Waals surface area contributed by atoms with E-state index in [-0.39, 0.29) is 37.5 Å². The number of rotatable bonds is 53. The lowest BCUT2D eigenvalue weighted by Crippen LogP contribution is -2.30. The average Bonchev–Trinajstić information content (AvgIpc) is 3.39. The normalized spacial score (nSPS) is 13.0. The van der Waals surface area contributed by atoms with Gasteiger partial charge in [-0.15, -0.1) is 0 Å². The smallest absolute Gasteiger partial charge is 0.306 e. The standard InChI is InChI=1S/C67H110O6/c1-4-7-10-13-16-19-22-25-28-31-33-36-39-42-45-48-51-54-57-60-66(69)72-63-64(62-71-65(68)59-56-53-50-47-44-41-38-35-30-27-24-21-18-15-12-9-6-3)73-67(70)61-58-55-52-49-46-43-40-37-34-32-29-26-23-20-17-14-11-8-5-2/h7,9-10,12,16,18-19,21,25,27-28,30,33,36,38,41-42,45,47,50,64H,4-6,8,11,13-15,17,20,22-24,26,29,31-32,34-35,37,39-40,43-44,46,48-49,51-63H2,1-3H3/b10-7-,12-9-,19-16-,21-18-,28-25-,30-27-,36-33-,41-38-,45-42-,50-47-/t64-/m1/s1. The molecule has 0 unspecified atom stereocenters. The van der Waals surface area contributed by atoms with Crippen LogP contribution in [0.4, 0.5) is 0 Å². The second-order valence-electron chi connectivity index (χ2n) is 19.5. The van der Waals surface area contributed by atoms with Gasteiger partial charge in [0.2, 0.25) is 0 Å². The number of esters is 3. The number of carbonyl (C=O) groups is 3. The molecule has 0 aliphatic rings. The molecule has 0 aromatic carbocycles. The van der Waals surface area contributed by atoms with Crippen molar-refractivity contribution in [3.63, 3.8) is 0 Å². The third-order valence-electron chi connectivity index (χ3n) is 12.5. The van der Waals surface area contributed by atoms with Crippen molar-refractivity contribution in [1.82, 2.24) is 0 Å². The third-order valence-corrected chi connectivity index (χ3v) is 12.5. The fraction of sp³-hybridized carbons (Fsp3) is 0.657. The van der Waals surface area contributed by atoms with E-state index in [0.29, 0.717) is 19.3 Å². The fourth-order valence-electron chi connectivity index (χ4n) is 8.03. The molecule has 6 heteroatoms. The van der Waals surface area contributed by atoms with Crippen LogP contribution in [0.5, 0.6) is 0 Å². The van der Waals surface area contributed by atoms with Crippen LogP contribution in [0.1, 0.15) is 265 Å². The van der Waals surface area contributed by atoms with Crippen molar-refractivity contribution in [2.75, 3.05) is 13.2 Å². The van der Waals surface area contributed by atoms with Crippen LogP contribution in [0, 0.1) is 0 Å². The Balaban J connectivity index is 4.52.